The van der Waals surface area contributed by atoms with Crippen LogP contribution in [-0.2, 0) is 6.42 Å². The number of anilines is 1. The topological polar surface area (TPSA) is 71.5 Å². The molecule has 0 unspecified atom stereocenters. The fourth-order valence-corrected chi connectivity index (χ4v) is 3.75. The normalized spacial score (nSPS) is 15.5. The summed E-state index contributed by atoms with van der Waals surface area (Å²) in [6.45, 7) is 0.678. The van der Waals surface area contributed by atoms with Crippen molar-refractivity contribution in [2.24, 2.45) is 0 Å². The second-order valence-corrected chi connectivity index (χ2v) is 6.97. The third-order valence-corrected chi connectivity index (χ3v) is 5.12. The lowest BCUT2D eigenvalue weighted by atomic mass is 9.82. The van der Waals surface area contributed by atoms with E-state index in [0.29, 0.717) is 18.2 Å². The van der Waals surface area contributed by atoms with Crippen molar-refractivity contribution in [2.45, 2.75) is 25.2 Å². The summed E-state index contributed by atoms with van der Waals surface area (Å²) in [5.41, 5.74) is 3.42. The van der Waals surface area contributed by atoms with Gasteiger partial charge in [0.1, 0.15) is 11.5 Å². The molecule has 0 bridgehead atoms. The molecule has 0 saturated heterocycles. The van der Waals surface area contributed by atoms with Crippen molar-refractivity contribution in [3.63, 3.8) is 0 Å². The Balaban J connectivity index is 1.49. The predicted molar refractivity (Wildman–Crippen MR) is 108 cm³/mol. The molecule has 4 rings (SSSR count). The first-order chi connectivity index (χ1) is 13.7. The summed E-state index contributed by atoms with van der Waals surface area (Å²) < 4.78 is 5.96. The van der Waals surface area contributed by atoms with Gasteiger partial charge in [0.15, 0.2) is 0 Å². The minimum atomic E-state index is -0.948. The summed E-state index contributed by atoms with van der Waals surface area (Å²) in [6.07, 6.45) is 6.28. The maximum absolute atomic E-state index is 11.4. The van der Waals surface area contributed by atoms with Crippen LogP contribution in [0.25, 0.3) is 0 Å². The number of benzene rings is 2. The summed E-state index contributed by atoms with van der Waals surface area (Å²) >= 11 is 0. The van der Waals surface area contributed by atoms with E-state index in [4.69, 9.17) is 4.74 Å². The Morgan fingerprint density at radius 2 is 2.00 bits per heavy atom. The molecule has 28 heavy (non-hydrogen) atoms. The van der Waals surface area contributed by atoms with Crippen molar-refractivity contribution < 1.29 is 14.6 Å². The van der Waals surface area contributed by atoms with E-state index in [1.165, 1.54) is 23.4 Å². The van der Waals surface area contributed by atoms with Crippen LogP contribution in [0.2, 0.25) is 0 Å². The number of carbonyl (C=O) groups is 1. The second-order valence-electron chi connectivity index (χ2n) is 6.97. The van der Waals surface area contributed by atoms with Crippen molar-refractivity contribution in [1.29, 1.82) is 0 Å². The SMILES string of the molecule is O=C(O)c1ccncc1NC[C@@H]1CCCc2cc(Oc3ccccc3)ccc21. The summed E-state index contributed by atoms with van der Waals surface area (Å²) in [5.74, 6) is 1.06. The molecule has 5 nitrogen and oxygen atoms in total. The van der Waals surface area contributed by atoms with Gasteiger partial charge in [-0.2, -0.15) is 0 Å². The number of pyridine rings is 1. The molecule has 2 aromatic carbocycles. The summed E-state index contributed by atoms with van der Waals surface area (Å²) in [5, 5.41) is 12.6. The number of aryl methyl sites for hydroxylation is 1. The zero-order valence-corrected chi connectivity index (χ0v) is 15.5. The van der Waals surface area contributed by atoms with Gasteiger partial charge in [0.05, 0.1) is 17.4 Å². The zero-order chi connectivity index (χ0) is 19.3. The Morgan fingerprint density at radius 3 is 2.82 bits per heavy atom. The molecule has 1 atom stereocenters. The van der Waals surface area contributed by atoms with Crippen LogP contribution < -0.4 is 10.1 Å². The van der Waals surface area contributed by atoms with E-state index in [9.17, 15) is 9.90 Å². The number of aromatic nitrogens is 1. The summed E-state index contributed by atoms with van der Waals surface area (Å²) in [4.78, 5) is 15.4. The van der Waals surface area contributed by atoms with Crippen molar-refractivity contribution in [1.82, 2.24) is 4.98 Å². The first-order valence-corrected chi connectivity index (χ1v) is 9.47. The van der Waals surface area contributed by atoms with Crippen molar-refractivity contribution in [3.8, 4) is 11.5 Å². The number of nitrogens with zero attached hydrogens (tertiary/aromatic N) is 1. The van der Waals surface area contributed by atoms with Crippen molar-refractivity contribution in [2.75, 3.05) is 11.9 Å². The van der Waals surface area contributed by atoms with Crippen LogP contribution in [0, 0.1) is 0 Å². The van der Waals surface area contributed by atoms with E-state index in [-0.39, 0.29) is 5.56 Å². The average Bonchev–Trinajstić information content (AvgIpc) is 2.73. The lowest BCUT2D eigenvalue weighted by Crippen LogP contribution is -2.19. The quantitative estimate of drug-likeness (QED) is 0.628. The predicted octanol–water partition coefficient (Wildman–Crippen LogP) is 5.10. The zero-order valence-electron chi connectivity index (χ0n) is 15.5. The maximum Gasteiger partial charge on any atom is 0.337 e. The van der Waals surface area contributed by atoms with Gasteiger partial charge in [-0.15, -0.1) is 0 Å². The van der Waals surface area contributed by atoms with E-state index in [1.54, 1.807) is 6.20 Å². The molecule has 0 spiro atoms. The van der Waals surface area contributed by atoms with Crippen LogP contribution in [0.15, 0.2) is 67.0 Å². The van der Waals surface area contributed by atoms with Gasteiger partial charge in [0.25, 0.3) is 0 Å². The number of para-hydroxylation sites is 1. The fourth-order valence-electron chi connectivity index (χ4n) is 3.75. The molecular formula is C23H22N2O3. The van der Waals surface area contributed by atoms with Crippen LogP contribution in [0.1, 0.15) is 40.2 Å². The van der Waals surface area contributed by atoms with Gasteiger partial charge in [-0.1, -0.05) is 24.3 Å². The van der Waals surface area contributed by atoms with Crippen LogP contribution in [0.3, 0.4) is 0 Å². The fraction of sp³-hybridized carbons (Fsp3) is 0.217. The first kappa shape index (κ1) is 18.0. The average molecular weight is 374 g/mol. The van der Waals surface area contributed by atoms with Gasteiger partial charge >= 0.3 is 5.97 Å². The smallest absolute Gasteiger partial charge is 0.337 e. The van der Waals surface area contributed by atoms with Gasteiger partial charge in [-0.05, 0) is 60.7 Å². The van der Waals surface area contributed by atoms with Gasteiger partial charge in [-0.25, -0.2) is 4.79 Å². The number of nitrogens with one attached hydrogen (secondary N) is 1. The molecule has 2 N–H and O–H groups in total. The maximum atomic E-state index is 11.4. The first-order valence-electron chi connectivity index (χ1n) is 9.47. The number of rotatable bonds is 6. The lowest BCUT2D eigenvalue weighted by Gasteiger charge is -2.27. The van der Waals surface area contributed by atoms with Gasteiger partial charge in [-0.3, -0.25) is 4.98 Å². The van der Waals surface area contributed by atoms with E-state index in [2.05, 4.69) is 22.4 Å². The molecule has 142 valence electrons. The molecule has 0 aliphatic heterocycles. The highest BCUT2D eigenvalue weighted by atomic mass is 16.5. The molecule has 0 fully saturated rings. The van der Waals surface area contributed by atoms with Gasteiger partial charge in [0.2, 0.25) is 0 Å². The van der Waals surface area contributed by atoms with E-state index in [1.807, 2.05) is 36.4 Å². The highest BCUT2D eigenvalue weighted by molar-refractivity contribution is 5.93. The Kier molecular flexibility index (Phi) is 5.24. The molecule has 1 heterocycles. The number of aromatic carboxylic acids is 1. The second kappa shape index (κ2) is 8.13. The van der Waals surface area contributed by atoms with Crippen LogP contribution in [-0.4, -0.2) is 22.6 Å². The van der Waals surface area contributed by atoms with Crippen LogP contribution >= 0.6 is 0 Å². The van der Waals surface area contributed by atoms with E-state index >= 15 is 0 Å². The van der Waals surface area contributed by atoms with Gasteiger partial charge < -0.3 is 15.2 Å². The minimum absolute atomic E-state index is 0.248. The summed E-state index contributed by atoms with van der Waals surface area (Å²) in [6, 6.07) is 17.6. The number of ether oxygens (including phenoxy) is 1. The lowest BCUT2D eigenvalue weighted by molar-refractivity contribution is 0.0698. The molecule has 1 aromatic heterocycles. The van der Waals surface area contributed by atoms with Crippen molar-refractivity contribution in [3.05, 3.63) is 83.7 Å². The molecule has 1 aliphatic carbocycles. The third kappa shape index (κ3) is 3.98. The molecule has 0 amide bonds. The number of hydrogen-bond donors (Lipinski definition) is 2. The molecule has 3 aromatic rings. The monoisotopic (exact) mass is 374 g/mol. The number of hydrogen-bond acceptors (Lipinski definition) is 4. The Bertz CT molecular complexity index is 973. The number of fused-ring (bicyclic) bond motifs is 1. The van der Waals surface area contributed by atoms with Crippen molar-refractivity contribution >= 4 is 11.7 Å². The Hall–Kier alpha value is -3.34. The molecular weight excluding hydrogens is 352 g/mol. The number of carboxylic acids is 1. The summed E-state index contributed by atoms with van der Waals surface area (Å²) in [7, 11) is 0. The highest BCUT2D eigenvalue weighted by Crippen LogP contribution is 2.35. The largest absolute Gasteiger partial charge is 0.478 e. The van der Waals surface area contributed by atoms with E-state index in [0.717, 1.165) is 30.8 Å². The van der Waals surface area contributed by atoms with E-state index < -0.39 is 5.97 Å². The molecule has 0 radical (unpaired) electrons. The number of carboxylic acid groups (broad SMARTS) is 1. The van der Waals surface area contributed by atoms with Gasteiger partial charge in [0, 0.05) is 18.7 Å². The highest BCUT2D eigenvalue weighted by Gasteiger charge is 2.21. The van der Waals surface area contributed by atoms with Crippen LogP contribution in [0.5, 0.6) is 11.5 Å². The standard InChI is InChI=1S/C23H22N2O3/c26-23(27)21-11-12-24-15-22(21)25-14-17-6-4-5-16-13-19(9-10-20(16)17)28-18-7-2-1-3-8-18/h1-3,7-13,15,17,25H,4-6,14H2,(H,26,27)/t17-/m0/s1. The van der Waals surface area contributed by atoms with Crippen LogP contribution in [0.4, 0.5) is 5.69 Å². The minimum Gasteiger partial charge on any atom is -0.478 e. The molecule has 5 heteroatoms. The Labute approximate surface area is 164 Å². The Morgan fingerprint density at radius 1 is 1.14 bits per heavy atom. The molecule has 0 saturated carbocycles. The molecule has 1 aliphatic rings. The third-order valence-electron chi connectivity index (χ3n) is 5.12.